The Hall–Kier alpha value is -2.63. The summed E-state index contributed by atoms with van der Waals surface area (Å²) in [5.74, 6) is -2.59. The van der Waals surface area contributed by atoms with Crippen LogP contribution in [0.15, 0.2) is 36.4 Å². The number of rotatable bonds is 4. The fourth-order valence-corrected chi connectivity index (χ4v) is 2.56. The molecule has 1 aromatic carbocycles. The van der Waals surface area contributed by atoms with E-state index in [1.165, 1.54) is 11.8 Å². The molecule has 2 atom stereocenters. The van der Waals surface area contributed by atoms with E-state index in [4.69, 9.17) is 0 Å². The summed E-state index contributed by atoms with van der Waals surface area (Å²) in [6, 6.07) is 6.85. The molecule has 0 heterocycles. The molecule has 6 nitrogen and oxygen atoms in total. The molecule has 2 amide bonds. The molecule has 23 heavy (non-hydrogen) atoms. The largest absolute Gasteiger partial charge is 0.481 e. The van der Waals surface area contributed by atoms with Gasteiger partial charge in [-0.25, -0.2) is 0 Å². The maximum atomic E-state index is 12.3. The summed E-state index contributed by atoms with van der Waals surface area (Å²) in [7, 11) is 1.67. The van der Waals surface area contributed by atoms with Gasteiger partial charge in [-0.3, -0.25) is 14.4 Å². The molecule has 0 saturated heterocycles. The molecule has 1 aliphatic carbocycles. The fourth-order valence-electron chi connectivity index (χ4n) is 2.56. The SMILES string of the molecule is CC(=O)N(C)c1ccc(NC(=O)[C@H]2CC=CC[C@H]2C(=O)O)cc1. The number of amides is 2. The number of nitrogens with zero attached hydrogens (tertiary/aromatic N) is 1. The van der Waals surface area contributed by atoms with Crippen LogP contribution in [0, 0.1) is 11.8 Å². The van der Waals surface area contributed by atoms with E-state index in [0.717, 1.165) is 5.69 Å². The molecular formula is C17H20N2O4. The van der Waals surface area contributed by atoms with Crippen LogP contribution >= 0.6 is 0 Å². The van der Waals surface area contributed by atoms with Crippen LogP contribution in [0.3, 0.4) is 0 Å². The average molecular weight is 316 g/mol. The molecule has 1 aliphatic rings. The first-order valence-corrected chi connectivity index (χ1v) is 7.43. The first kappa shape index (κ1) is 16.7. The first-order valence-electron chi connectivity index (χ1n) is 7.43. The fraction of sp³-hybridized carbons (Fsp3) is 0.353. The van der Waals surface area contributed by atoms with E-state index in [1.807, 2.05) is 6.08 Å². The standard InChI is InChI=1S/C17H20N2O4/c1-11(20)19(2)13-9-7-12(8-10-13)18-16(21)14-5-3-4-6-15(14)17(22)23/h3-4,7-10,14-15H,5-6H2,1-2H3,(H,18,21)(H,22,23)/t14-,15+/m0/s1. The summed E-state index contributed by atoms with van der Waals surface area (Å²) >= 11 is 0. The Bertz CT molecular complexity index is 636. The molecule has 2 N–H and O–H groups in total. The summed E-state index contributed by atoms with van der Waals surface area (Å²) < 4.78 is 0. The van der Waals surface area contributed by atoms with Crippen LogP contribution in [0.2, 0.25) is 0 Å². The molecule has 0 fully saturated rings. The summed E-state index contributed by atoms with van der Waals surface area (Å²) in [5.41, 5.74) is 1.30. The van der Waals surface area contributed by atoms with Crippen molar-refractivity contribution in [3.8, 4) is 0 Å². The Kier molecular flexibility index (Phi) is 5.16. The second kappa shape index (κ2) is 7.09. The highest BCUT2D eigenvalue weighted by atomic mass is 16.4. The van der Waals surface area contributed by atoms with E-state index < -0.39 is 17.8 Å². The molecule has 0 unspecified atom stereocenters. The lowest BCUT2D eigenvalue weighted by atomic mass is 9.82. The van der Waals surface area contributed by atoms with Gasteiger partial charge in [-0.1, -0.05) is 12.2 Å². The van der Waals surface area contributed by atoms with Crippen LogP contribution in [0.1, 0.15) is 19.8 Å². The number of aliphatic carboxylic acids is 1. The summed E-state index contributed by atoms with van der Waals surface area (Å²) in [6.07, 6.45) is 4.44. The second-order valence-electron chi connectivity index (χ2n) is 5.61. The molecule has 1 aromatic rings. The third-order valence-electron chi connectivity index (χ3n) is 4.08. The predicted molar refractivity (Wildman–Crippen MR) is 87.1 cm³/mol. The molecule has 0 saturated carbocycles. The third-order valence-corrected chi connectivity index (χ3v) is 4.08. The molecule has 0 bridgehead atoms. The van der Waals surface area contributed by atoms with Crippen LogP contribution in [-0.2, 0) is 14.4 Å². The number of carbonyl (C=O) groups is 3. The molecule has 6 heteroatoms. The average Bonchev–Trinajstić information content (AvgIpc) is 2.54. The van der Waals surface area contributed by atoms with Crippen LogP contribution in [-0.4, -0.2) is 29.9 Å². The van der Waals surface area contributed by atoms with Crippen molar-refractivity contribution in [3.63, 3.8) is 0 Å². The summed E-state index contributed by atoms with van der Waals surface area (Å²) in [6.45, 7) is 1.47. The Morgan fingerprint density at radius 2 is 1.65 bits per heavy atom. The molecule has 0 aromatic heterocycles. The summed E-state index contributed by atoms with van der Waals surface area (Å²) in [4.78, 5) is 36.4. The quantitative estimate of drug-likeness (QED) is 0.834. The Balaban J connectivity index is 2.06. The number of benzene rings is 1. The van der Waals surface area contributed by atoms with Crippen molar-refractivity contribution in [3.05, 3.63) is 36.4 Å². The number of nitrogens with one attached hydrogen (secondary N) is 1. The van der Waals surface area contributed by atoms with E-state index in [9.17, 15) is 19.5 Å². The van der Waals surface area contributed by atoms with Crippen molar-refractivity contribution < 1.29 is 19.5 Å². The predicted octanol–water partition coefficient (Wildman–Crippen LogP) is 2.27. The van der Waals surface area contributed by atoms with Crippen molar-refractivity contribution in [2.45, 2.75) is 19.8 Å². The van der Waals surface area contributed by atoms with Gasteiger partial charge < -0.3 is 15.3 Å². The molecule has 0 spiro atoms. The van der Waals surface area contributed by atoms with E-state index in [0.29, 0.717) is 18.5 Å². The van der Waals surface area contributed by atoms with Gasteiger partial charge in [0, 0.05) is 25.3 Å². The lowest BCUT2D eigenvalue weighted by Gasteiger charge is -2.24. The highest BCUT2D eigenvalue weighted by Gasteiger charge is 2.33. The van der Waals surface area contributed by atoms with Crippen LogP contribution in [0.4, 0.5) is 11.4 Å². The number of hydrogen-bond acceptors (Lipinski definition) is 3. The first-order chi connectivity index (χ1) is 10.9. The monoisotopic (exact) mass is 316 g/mol. The normalized spacial score (nSPS) is 19.9. The van der Waals surface area contributed by atoms with E-state index >= 15 is 0 Å². The van der Waals surface area contributed by atoms with Crippen molar-refractivity contribution >= 4 is 29.2 Å². The van der Waals surface area contributed by atoms with Crippen molar-refractivity contribution in [1.82, 2.24) is 0 Å². The van der Waals surface area contributed by atoms with Gasteiger partial charge in [0.05, 0.1) is 11.8 Å². The number of carbonyl (C=O) groups excluding carboxylic acids is 2. The van der Waals surface area contributed by atoms with Crippen molar-refractivity contribution in [1.29, 1.82) is 0 Å². The van der Waals surface area contributed by atoms with E-state index in [1.54, 1.807) is 37.4 Å². The maximum absolute atomic E-state index is 12.3. The lowest BCUT2D eigenvalue weighted by molar-refractivity contribution is -0.146. The topological polar surface area (TPSA) is 86.7 Å². The van der Waals surface area contributed by atoms with E-state index in [-0.39, 0.29) is 11.8 Å². The zero-order valence-corrected chi connectivity index (χ0v) is 13.2. The van der Waals surface area contributed by atoms with Crippen LogP contribution in [0.5, 0.6) is 0 Å². The second-order valence-corrected chi connectivity index (χ2v) is 5.61. The van der Waals surface area contributed by atoms with Gasteiger partial charge in [0.15, 0.2) is 0 Å². The minimum absolute atomic E-state index is 0.0833. The summed E-state index contributed by atoms with van der Waals surface area (Å²) in [5, 5.41) is 12.0. The maximum Gasteiger partial charge on any atom is 0.307 e. The molecule has 2 rings (SSSR count). The highest BCUT2D eigenvalue weighted by Crippen LogP contribution is 2.27. The Labute approximate surface area is 134 Å². The number of carboxylic acids is 1. The van der Waals surface area contributed by atoms with Gasteiger partial charge in [0.2, 0.25) is 11.8 Å². The lowest BCUT2D eigenvalue weighted by Crippen LogP contribution is -2.34. The smallest absolute Gasteiger partial charge is 0.307 e. The van der Waals surface area contributed by atoms with Crippen molar-refractivity contribution in [2.75, 3.05) is 17.3 Å². The number of hydrogen-bond donors (Lipinski definition) is 2. The number of carboxylic acid groups (broad SMARTS) is 1. The van der Waals surface area contributed by atoms with E-state index in [2.05, 4.69) is 5.32 Å². The third kappa shape index (κ3) is 3.97. The molecule has 0 radical (unpaired) electrons. The highest BCUT2D eigenvalue weighted by molar-refractivity contribution is 5.96. The van der Waals surface area contributed by atoms with Gasteiger partial charge >= 0.3 is 5.97 Å². The zero-order chi connectivity index (χ0) is 17.0. The molecule has 122 valence electrons. The molecular weight excluding hydrogens is 296 g/mol. The number of anilines is 2. The number of allylic oxidation sites excluding steroid dienone is 2. The Morgan fingerprint density at radius 1 is 1.09 bits per heavy atom. The van der Waals surface area contributed by atoms with Gasteiger partial charge in [-0.05, 0) is 37.1 Å². The van der Waals surface area contributed by atoms with Gasteiger partial charge in [-0.2, -0.15) is 0 Å². The van der Waals surface area contributed by atoms with Crippen molar-refractivity contribution in [2.24, 2.45) is 11.8 Å². The van der Waals surface area contributed by atoms with Gasteiger partial charge in [-0.15, -0.1) is 0 Å². The van der Waals surface area contributed by atoms with Gasteiger partial charge in [0.1, 0.15) is 0 Å². The van der Waals surface area contributed by atoms with Gasteiger partial charge in [0.25, 0.3) is 0 Å². The van der Waals surface area contributed by atoms with Crippen LogP contribution in [0.25, 0.3) is 0 Å². The minimum Gasteiger partial charge on any atom is -0.481 e. The minimum atomic E-state index is -0.951. The zero-order valence-electron chi connectivity index (χ0n) is 13.2. The molecule has 0 aliphatic heterocycles. The van der Waals surface area contributed by atoms with Crippen LogP contribution < -0.4 is 10.2 Å². The Morgan fingerprint density at radius 3 is 2.17 bits per heavy atom.